The van der Waals surface area contributed by atoms with Crippen molar-refractivity contribution in [2.45, 2.75) is 13.1 Å². The van der Waals surface area contributed by atoms with Gasteiger partial charge in [-0.05, 0) is 0 Å². The maximum Gasteiger partial charge on any atom is 4.00 e. The summed E-state index contributed by atoms with van der Waals surface area (Å²) in [6, 6.07) is 16.1. The van der Waals surface area contributed by atoms with Gasteiger partial charge in [0.25, 0.3) is 0 Å². The fourth-order valence-electron chi connectivity index (χ4n) is 1.20. The first-order valence-corrected chi connectivity index (χ1v) is 8.06. The predicted octanol–water partition coefficient (Wildman–Crippen LogP) is -2.84. The van der Waals surface area contributed by atoms with Crippen molar-refractivity contribution in [2.24, 2.45) is 0 Å². The van der Waals surface area contributed by atoms with E-state index in [0.29, 0.717) is 0 Å². The summed E-state index contributed by atoms with van der Waals surface area (Å²) < 4.78 is 0. The Balaban J connectivity index is -0.000000216. The van der Waals surface area contributed by atoms with E-state index in [-0.39, 0.29) is 51.0 Å². The summed E-state index contributed by atoms with van der Waals surface area (Å²) in [5.41, 5.74) is 0. The van der Waals surface area contributed by atoms with E-state index in [2.05, 4.69) is 19.2 Å². The van der Waals surface area contributed by atoms with Crippen LogP contribution in [0, 0.1) is 0 Å². The van der Waals surface area contributed by atoms with Crippen LogP contribution in [0.15, 0.2) is 48.5 Å². The van der Waals surface area contributed by atoms with Crippen molar-refractivity contribution in [3.63, 3.8) is 0 Å². The summed E-state index contributed by atoms with van der Waals surface area (Å²) in [7, 11) is -0.651. The second-order valence-electron chi connectivity index (χ2n) is 3.45. The summed E-state index contributed by atoms with van der Waals surface area (Å²) >= 11 is 5.87. The van der Waals surface area contributed by atoms with Gasteiger partial charge in [0.05, 0.1) is 0 Å². The maximum atomic E-state index is 5.87. The molecule has 0 amide bonds. The second-order valence-corrected chi connectivity index (χ2v) is 6.78. The number of rotatable bonds is 1. The average Bonchev–Trinajstić information content (AvgIpc) is 2.74. The van der Waals surface area contributed by atoms with Crippen molar-refractivity contribution in [1.82, 2.24) is 0 Å². The third kappa shape index (κ3) is 9.27. The second kappa shape index (κ2) is 13.1. The van der Waals surface area contributed by atoms with Crippen LogP contribution in [0.1, 0.15) is 0 Å². The summed E-state index contributed by atoms with van der Waals surface area (Å²) in [4.78, 5) is 0. The summed E-state index contributed by atoms with van der Waals surface area (Å²) in [6.45, 7) is 4.56. The molecule has 0 aliphatic heterocycles. The molecule has 0 spiro atoms. The smallest absolute Gasteiger partial charge is 1.00 e. The van der Waals surface area contributed by atoms with Crippen LogP contribution >= 0.6 is 11.6 Å². The SMILES string of the molecule is C[SiH](C)[c-]1cccc1Cl.[Cl-].[Cl-].[Zr+4].c1cc[cH-]c1. The standard InChI is InChI=1S/C7H10ClSi.C5H5.2ClH.Zr/c1-9(2)7-5-3-4-6(7)8;1-2-4-5-3-1;;;/h3-5,9H,1-2H3;1-5H;2*1H;/q2*-1;;;+4/p-2. The molecule has 5 heteroatoms. The van der Waals surface area contributed by atoms with Crippen LogP contribution < -0.4 is 30.0 Å². The number of hydrogen-bond acceptors (Lipinski definition) is 0. The molecule has 0 saturated carbocycles. The average molecular weight is 385 g/mol. The van der Waals surface area contributed by atoms with E-state index in [1.165, 1.54) is 5.19 Å². The molecule has 92 valence electrons. The molecule has 0 radical (unpaired) electrons. The van der Waals surface area contributed by atoms with Crippen LogP contribution in [-0.2, 0) is 26.2 Å². The third-order valence-corrected chi connectivity index (χ3v) is 4.25. The molecule has 0 nitrogen and oxygen atoms in total. The Labute approximate surface area is 142 Å². The number of hydrogen-bond donors (Lipinski definition) is 0. The quantitative estimate of drug-likeness (QED) is 0.367. The molecule has 2 rings (SSSR count). The molecule has 0 bridgehead atoms. The van der Waals surface area contributed by atoms with E-state index in [1.807, 2.05) is 42.5 Å². The molecule has 0 aromatic heterocycles. The van der Waals surface area contributed by atoms with Crippen molar-refractivity contribution in [3.8, 4) is 0 Å². The minimum atomic E-state index is -0.651. The van der Waals surface area contributed by atoms with Gasteiger partial charge < -0.3 is 24.8 Å². The van der Waals surface area contributed by atoms with Gasteiger partial charge in [0, 0.05) is 8.80 Å². The Hall–Kier alpha value is 0.670. The Morgan fingerprint density at radius 2 is 1.65 bits per heavy atom. The maximum absolute atomic E-state index is 5.87. The fourth-order valence-corrected chi connectivity index (χ4v) is 3.14. The molecule has 17 heavy (non-hydrogen) atoms. The first-order valence-electron chi connectivity index (χ1n) is 4.79. The Morgan fingerprint density at radius 1 is 1.12 bits per heavy atom. The van der Waals surface area contributed by atoms with Crippen molar-refractivity contribution in [1.29, 1.82) is 0 Å². The topological polar surface area (TPSA) is 0 Å². The van der Waals surface area contributed by atoms with E-state index >= 15 is 0 Å². The van der Waals surface area contributed by atoms with Gasteiger partial charge in [0.2, 0.25) is 0 Å². The summed E-state index contributed by atoms with van der Waals surface area (Å²) in [5.74, 6) is 0. The van der Waals surface area contributed by atoms with Gasteiger partial charge in [0.15, 0.2) is 0 Å². The minimum absolute atomic E-state index is 0. The molecule has 0 aliphatic carbocycles. The van der Waals surface area contributed by atoms with Gasteiger partial charge in [-0.3, -0.25) is 0 Å². The van der Waals surface area contributed by atoms with Crippen molar-refractivity contribution in [2.75, 3.05) is 0 Å². The van der Waals surface area contributed by atoms with Gasteiger partial charge in [-0.1, -0.05) is 18.1 Å². The molecule has 0 heterocycles. The molecule has 2 aromatic rings. The summed E-state index contributed by atoms with van der Waals surface area (Å²) in [5, 5.41) is 2.34. The van der Waals surface area contributed by atoms with E-state index in [0.717, 1.165) is 5.02 Å². The molecule has 0 aliphatic rings. The van der Waals surface area contributed by atoms with Gasteiger partial charge in [-0.2, -0.15) is 30.3 Å². The zero-order valence-corrected chi connectivity index (χ0v) is 15.7. The fraction of sp³-hybridized carbons (Fsp3) is 0.167. The van der Waals surface area contributed by atoms with E-state index in [1.54, 1.807) is 0 Å². The molecule has 0 N–H and O–H groups in total. The van der Waals surface area contributed by atoms with Crippen LogP contribution in [-0.4, -0.2) is 8.80 Å². The molecule has 0 unspecified atom stereocenters. The Bertz CT molecular complexity index is 327. The van der Waals surface area contributed by atoms with Crippen LogP contribution in [0.25, 0.3) is 0 Å². The van der Waals surface area contributed by atoms with Crippen LogP contribution in [0.3, 0.4) is 0 Å². The first kappa shape index (κ1) is 22.8. The van der Waals surface area contributed by atoms with Gasteiger partial charge in [-0.15, -0.1) is 16.8 Å². The van der Waals surface area contributed by atoms with E-state index in [9.17, 15) is 0 Å². The van der Waals surface area contributed by atoms with Gasteiger partial charge in [0.1, 0.15) is 0 Å². The van der Waals surface area contributed by atoms with E-state index in [4.69, 9.17) is 11.6 Å². The Kier molecular flexibility index (Phi) is 17.6. The van der Waals surface area contributed by atoms with Crippen molar-refractivity contribution in [3.05, 3.63) is 53.6 Å². The molecule has 0 fully saturated rings. The first-order chi connectivity index (χ1) is 6.72. The minimum Gasteiger partial charge on any atom is -1.00 e. The number of halogens is 3. The van der Waals surface area contributed by atoms with Crippen LogP contribution in [0.5, 0.6) is 0 Å². The molecular formula is C12H15Cl3SiZr. The largest absolute Gasteiger partial charge is 4.00 e. The molecule has 2 aromatic carbocycles. The molecule has 0 saturated heterocycles. The zero-order chi connectivity index (χ0) is 10.4. The van der Waals surface area contributed by atoms with Crippen LogP contribution in [0.2, 0.25) is 18.1 Å². The predicted molar refractivity (Wildman–Crippen MR) is 67.6 cm³/mol. The summed E-state index contributed by atoms with van der Waals surface area (Å²) in [6.07, 6.45) is 0. The van der Waals surface area contributed by atoms with Gasteiger partial charge in [-0.25, -0.2) is 18.2 Å². The van der Waals surface area contributed by atoms with Crippen molar-refractivity contribution < 1.29 is 51.0 Å². The molecule has 0 atom stereocenters. The Morgan fingerprint density at radius 3 is 1.82 bits per heavy atom. The third-order valence-electron chi connectivity index (χ3n) is 1.97. The van der Waals surface area contributed by atoms with Crippen molar-refractivity contribution >= 4 is 25.6 Å². The normalized spacial score (nSPS) is 8.00. The van der Waals surface area contributed by atoms with Crippen LogP contribution in [0.4, 0.5) is 0 Å². The monoisotopic (exact) mass is 382 g/mol. The van der Waals surface area contributed by atoms with E-state index < -0.39 is 8.80 Å². The molecular weight excluding hydrogens is 370 g/mol. The zero-order valence-electron chi connectivity index (χ0n) is 9.83. The van der Waals surface area contributed by atoms with Gasteiger partial charge >= 0.3 is 26.2 Å².